The Morgan fingerprint density at radius 2 is 1.50 bits per heavy atom. The second-order valence-electron chi connectivity index (χ2n) is 0.921. The smallest absolute Gasteiger partial charge is 0.759 e. The van der Waals surface area contributed by atoms with Crippen LogP contribution in [0.3, 0.4) is 0 Å². The van der Waals surface area contributed by atoms with Crippen LogP contribution in [0.15, 0.2) is 0 Å². The first-order chi connectivity index (χ1) is 3.91. The Morgan fingerprint density at radius 1 is 1.40 bits per heavy atom. The Balaban J connectivity index is -0.0000000910. The second-order valence-corrected chi connectivity index (χ2v) is 1.74. The van der Waals surface area contributed by atoms with Gasteiger partial charge < -0.3 is 19.9 Å². The van der Waals surface area contributed by atoms with Crippen LogP contribution in [0.4, 0.5) is 0 Å². The van der Waals surface area contributed by atoms with Crippen molar-refractivity contribution >= 4 is 10.4 Å². The summed E-state index contributed by atoms with van der Waals surface area (Å²) in [7, 11) is -5.17. The van der Waals surface area contributed by atoms with E-state index in [9.17, 15) is 0 Å². The van der Waals surface area contributed by atoms with Gasteiger partial charge in [-0.05, 0) is 0 Å². The topological polar surface area (TPSA) is 127 Å². The molecule has 0 amide bonds. The third-order valence-corrected chi connectivity index (χ3v) is 0.129. The molecule has 0 unspecified atom stereocenters. The van der Waals surface area contributed by atoms with Crippen molar-refractivity contribution in [1.29, 1.82) is 0 Å². The third kappa shape index (κ3) is 259. The third-order valence-electron chi connectivity index (χ3n) is 0.129. The molecule has 0 saturated heterocycles. The van der Waals surface area contributed by atoms with Gasteiger partial charge in [0.25, 0.3) is 0 Å². The number of hydrogen-bond acceptors (Lipinski definition) is 6. The minimum atomic E-state index is -5.17. The van der Waals surface area contributed by atoms with E-state index in [1.165, 1.54) is 0 Å². The zero-order valence-corrected chi connectivity index (χ0v) is 6.54. The fraction of sp³-hybridized carbons (Fsp3) is 1.00. The number of aliphatic hydroxyl groups excluding tert-OH is 1. The molecule has 0 aliphatic heterocycles. The van der Waals surface area contributed by atoms with E-state index >= 15 is 0 Å². The van der Waals surface area contributed by atoms with Gasteiger partial charge in [-0.15, -0.1) is 0 Å². The molecule has 0 aromatic rings. The SMILES string of the molecule is NCCO.O=S(=O)([O-])[O-].[Cu+2]. The molecule has 0 atom stereocenters. The number of aliphatic hydroxyl groups is 1. The van der Waals surface area contributed by atoms with E-state index in [-0.39, 0.29) is 23.7 Å². The quantitative estimate of drug-likeness (QED) is 0.288. The summed E-state index contributed by atoms with van der Waals surface area (Å²) in [6.45, 7) is 0.472. The summed E-state index contributed by atoms with van der Waals surface area (Å²) >= 11 is 0. The van der Waals surface area contributed by atoms with Crippen molar-refractivity contribution in [2.75, 3.05) is 13.2 Å². The van der Waals surface area contributed by atoms with Crippen LogP contribution < -0.4 is 5.73 Å². The molecule has 0 aromatic heterocycles. The molecule has 0 heterocycles. The van der Waals surface area contributed by atoms with Gasteiger partial charge in [0, 0.05) is 16.9 Å². The number of rotatable bonds is 1. The Labute approximate surface area is 69.5 Å². The Kier molecular flexibility index (Phi) is 15.6. The maximum absolute atomic E-state index is 8.52. The molecular formula is C2H7CuNO5S. The van der Waals surface area contributed by atoms with Crippen molar-refractivity contribution in [3.8, 4) is 0 Å². The standard InChI is InChI=1S/C2H7NO.Cu.H2O4S/c3-1-2-4;;1-5(2,3)4/h4H,1-3H2;;(H2,1,2,3,4)/q;+2;/p-2. The van der Waals surface area contributed by atoms with Crippen LogP contribution in [0.2, 0.25) is 0 Å². The van der Waals surface area contributed by atoms with Crippen molar-refractivity contribution in [3.63, 3.8) is 0 Å². The molecule has 0 saturated carbocycles. The van der Waals surface area contributed by atoms with E-state index in [1.807, 2.05) is 0 Å². The van der Waals surface area contributed by atoms with Crippen LogP contribution >= 0.6 is 0 Å². The average Bonchev–Trinajstić information content (AvgIpc) is 1.61. The van der Waals surface area contributed by atoms with Gasteiger partial charge in [0.15, 0.2) is 0 Å². The van der Waals surface area contributed by atoms with Crippen molar-refractivity contribution in [2.24, 2.45) is 5.73 Å². The Bertz CT molecular complexity index is 123. The monoisotopic (exact) mass is 220 g/mol. The summed E-state index contributed by atoms with van der Waals surface area (Å²) in [4.78, 5) is 0. The molecule has 0 aliphatic carbocycles. The van der Waals surface area contributed by atoms with Crippen molar-refractivity contribution in [3.05, 3.63) is 0 Å². The molecule has 8 heteroatoms. The van der Waals surface area contributed by atoms with Crippen LogP contribution in [-0.2, 0) is 27.5 Å². The summed E-state index contributed by atoms with van der Waals surface area (Å²) in [5, 5.41) is 7.75. The van der Waals surface area contributed by atoms with Crippen LogP contribution in [0, 0.1) is 0 Å². The fourth-order valence-corrected chi connectivity index (χ4v) is 0. The average molecular weight is 221 g/mol. The molecular weight excluding hydrogens is 214 g/mol. The van der Waals surface area contributed by atoms with Gasteiger partial charge in [-0.25, -0.2) is 0 Å². The summed E-state index contributed by atoms with van der Waals surface area (Å²) in [6.07, 6.45) is 0. The van der Waals surface area contributed by atoms with Gasteiger partial charge in [-0.3, -0.25) is 8.42 Å². The molecule has 3 N–H and O–H groups in total. The van der Waals surface area contributed by atoms with Crippen LogP contribution in [0.5, 0.6) is 0 Å². The van der Waals surface area contributed by atoms with E-state index in [0.717, 1.165) is 0 Å². The predicted octanol–water partition coefficient (Wildman–Crippen LogP) is -2.40. The second kappa shape index (κ2) is 9.31. The minimum absolute atomic E-state index is 0. The summed E-state index contributed by atoms with van der Waals surface area (Å²) < 4.78 is 34.1. The van der Waals surface area contributed by atoms with Crippen LogP contribution in [0.25, 0.3) is 0 Å². The van der Waals surface area contributed by atoms with Gasteiger partial charge >= 0.3 is 17.1 Å². The number of nitrogens with two attached hydrogens (primary N) is 1. The Morgan fingerprint density at radius 3 is 1.50 bits per heavy atom. The van der Waals surface area contributed by atoms with Gasteiger partial charge in [0.2, 0.25) is 0 Å². The van der Waals surface area contributed by atoms with E-state index in [2.05, 4.69) is 0 Å². The molecule has 0 aromatic carbocycles. The van der Waals surface area contributed by atoms with Crippen molar-refractivity contribution < 1.29 is 39.7 Å². The van der Waals surface area contributed by atoms with E-state index < -0.39 is 10.4 Å². The minimum Gasteiger partial charge on any atom is -0.759 e. The van der Waals surface area contributed by atoms with E-state index in [0.29, 0.717) is 6.54 Å². The first-order valence-electron chi connectivity index (χ1n) is 1.89. The molecule has 10 heavy (non-hydrogen) atoms. The predicted molar refractivity (Wildman–Crippen MR) is 26.6 cm³/mol. The molecule has 0 bridgehead atoms. The molecule has 0 fully saturated rings. The largest absolute Gasteiger partial charge is 2.00 e. The molecule has 0 aliphatic rings. The fourth-order valence-electron chi connectivity index (χ4n) is 0. The van der Waals surface area contributed by atoms with E-state index in [4.69, 9.17) is 28.4 Å². The van der Waals surface area contributed by atoms with Gasteiger partial charge in [0.05, 0.1) is 6.61 Å². The molecule has 67 valence electrons. The zero-order valence-electron chi connectivity index (χ0n) is 4.78. The van der Waals surface area contributed by atoms with Crippen LogP contribution in [0.1, 0.15) is 0 Å². The van der Waals surface area contributed by atoms with E-state index in [1.54, 1.807) is 0 Å². The molecule has 0 rings (SSSR count). The van der Waals surface area contributed by atoms with Gasteiger partial charge in [-0.1, -0.05) is 0 Å². The summed E-state index contributed by atoms with van der Waals surface area (Å²) in [5.41, 5.74) is 4.78. The first-order valence-corrected chi connectivity index (χ1v) is 3.22. The molecule has 0 spiro atoms. The Hall–Kier alpha value is 0.309. The molecule has 6 nitrogen and oxygen atoms in total. The summed E-state index contributed by atoms with van der Waals surface area (Å²) in [5.74, 6) is 0. The van der Waals surface area contributed by atoms with Crippen molar-refractivity contribution in [1.82, 2.24) is 0 Å². The molecule has 1 radical (unpaired) electrons. The van der Waals surface area contributed by atoms with Crippen molar-refractivity contribution in [2.45, 2.75) is 0 Å². The maximum Gasteiger partial charge on any atom is 2.00 e. The summed E-state index contributed by atoms with van der Waals surface area (Å²) in [6, 6.07) is 0. The van der Waals surface area contributed by atoms with Gasteiger partial charge in [-0.2, -0.15) is 0 Å². The first kappa shape index (κ1) is 16.7. The maximum atomic E-state index is 8.52. The van der Waals surface area contributed by atoms with Crippen LogP contribution in [-0.4, -0.2) is 35.8 Å². The number of hydrogen-bond donors (Lipinski definition) is 2. The van der Waals surface area contributed by atoms with Gasteiger partial charge in [0.1, 0.15) is 0 Å². The normalized spacial score (nSPS) is 8.80. The zero-order chi connectivity index (χ0) is 7.91.